The van der Waals surface area contributed by atoms with Gasteiger partial charge in [-0.1, -0.05) is 42.5 Å². The van der Waals surface area contributed by atoms with E-state index in [4.69, 9.17) is 4.74 Å². The number of halogens is 3. The monoisotopic (exact) mass is 470 g/mol. The van der Waals surface area contributed by atoms with Crippen LogP contribution < -0.4 is 4.74 Å². The van der Waals surface area contributed by atoms with E-state index >= 15 is 0 Å². The highest BCUT2D eigenvalue weighted by molar-refractivity contribution is 5.70. The molecule has 0 saturated heterocycles. The molecular weight excluding hydrogens is 441 g/mol. The summed E-state index contributed by atoms with van der Waals surface area (Å²) in [4.78, 5) is 11.0. The van der Waals surface area contributed by atoms with Gasteiger partial charge in [-0.3, -0.25) is 4.79 Å². The SMILES string of the molecule is COC(=O)C/C=C/C=C\C[C@@H]1[C@@H](/C=C/[C@@H](O)COc2cccc(C(F)(F)F)c2)[C@H](O)C[C@@H]1O. The van der Waals surface area contributed by atoms with E-state index in [-0.39, 0.29) is 37.1 Å². The summed E-state index contributed by atoms with van der Waals surface area (Å²) in [6.07, 6.45) is 3.59. The number of aliphatic hydroxyl groups excluding tert-OH is 3. The molecular formula is C24H29F3O6. The van der Waals surface area contributed by atoms with Crippen molar-refractivity contribution in [3.8, 4) is 5.75 Å². The van der Waals surface area contributed by atoms with Crippen molar-refractivity contribution in [1.82, 2.24) is 0 Å². The van der Waals surface area contributed by atoms with Crippen LogP contribution in [0.25, 0.3) is 0 Å². The molecule has 0 amide bonds. The summed E-state index contributed by atoms with van der Waals surface area (Å²) < 4.78 is 48.1. The molecule has 0 unspecified atom stereocenters. The first-order chi connectivity index (χ1) is 15.6. The Kier molecular flexibility index (Phi) is 10.1. The number of allylic oxidation sites excluding steroid dienone is 3. The number of carbonyl (C=O) groups excluding carboxylic acids is 1. The fourth-order valence-electron chi connectivity index (χ4n) is 3.60. The molecule has 33 heavy (non-hydrogen) atoms. The normalized spacial score (nSPS) is 24.7. The van der Waals surface area contributed by atoms with Gasteiger partial charge in [-0.25, -0.2) is 0 Å². The fourth-order valence-corrected chi connectivity index (χ4v) is 3.60. The highest BCUT2D eigenvalue weighted by Crippen LogP contribution is 2.36. The van der Waals surface area contributed by atoms with Crippen LogP contribution >= 0.6 is 0 Å². The summed E-state index contributed by atoms with van der Waals surface area (Å²) in [6, 6.07) is 4.37. The number of alkyl halides is 3. The number of rotatable bonds is 10. The first kappa shape index (κ1) is 26.6. The molecule has 1 fully saturated rings. The molecule has 0 aliphatic heterocycles. The molecule has 0 radical (unpaired) electrons. The van der Waals surface area contributed by atoms with E-state index < -0.39 is 36.0 Å². The Bertz CT molecular complexity index is 849. The molecule has 9 heteroatoms. The number of methoxy groups -OCH3 is 1. The van der Waals surface area contributed by atoms with E-state index in [1.807, 2.05) is 6.08 Å². The van der Waals surface area contributed by atoms with Gasteiger partial charge in [-0.2, -0.15) is 13.2 Å². The second-order valence-electron chi connectivity index (χ2n) is 7.77. The van der Waals surface area contributed by atoms with Crippen LogP contribution in [0.15, 0.2) is 60.7 Å². The van der Waals surface area contributed by atoms with Crippen molar-refractivity contribution in [3.05, 3.63) is 66.3 Å². The van der Waals surface area contributed by atoms with Gasteiger partial charge in [0.2, 0.25) is 0 Å². The zero-order chi connectivity index (χ0) is 24.4. The van der Waals surface area contributed by atoms with Crippen molar-refractivity contribution < 1.29 is 42.8 Å². The first-order valence-electron chi connectivity index (χ1n) is 10.5. The van der Waals surface area contributed by atoms with Crippen molar-refractivity contribution in [1.29, 1.82) is 0 Å². The Morgan fingerprint density at radius 2 is 1.94 bits per heavy atom. The smallest absolute Gasteiger partial charge is 0.416 e. The van der Waals surface area contributed by atoms with Crippen molar-refractivity contribution >= 4 is 5.97 Å². The van der Waals surface area contributed by atoms with Gasteiger partial charge in [-0.05, 0) is 30.5 Å². The zero-order valence-electron chi connectivity index (χ0n) is 18.2. The van der Waals surface area contributed by atoms with Crippen LogP contribution in [-0.2, 0) is 15.7 Å². The number of carbonyl (C=O) groups is 1. The van der Waals surface area contributed by atoms with Crippen molar-refractivity contribution in [3.63, 3.8) is 0 Å². The van der Waals surface area contributed by atoms with Crippen LogP contribution in [0.1, 0.15) is 24.8 Å². The molecule has 6 nitrogen and oxygen atoms in total. The average Bonchev–Trinajstić information content (AvgIpc) is 3.04. The molecule has 1 aliphatic rings. The minimum atomic E-state index is -4.49. The van der Waals surface area contributed by atoms with Crippen LogP contribution in [0.5, 0.6) is 5.75 Å². The van der Waals surface area contributed by atoms with Gasteiger partial charge < -0.3 is 24.8 Å². The second-order valence-corrected chi connectivity index (χ2v) is 7.77. The molecule has 0 bridgehead atoms. The zero-order valence-corrected chi connectivity index (χ0v) is 18.2. The van der Waals surface area contributed by atoms with Gasteiger partial charge >= 0.3 is 12.1 Å². The number of hydrogen-bond acceptors (Lipinski definition) is 6. The predicted molar refractivity (Wildman–Crippen MR) is 115 cm³/mol. The Morgan fingerprint density at radius 3 is 2.64 bits per heavy atom. The molecule has 1 aromatic carbocycles. The third kappa shape index (κ3) is 8.68. The maximum atomic E-state index is 12.8. The quantitative estimate of drug-likeness (QED) is 0.276. The van der Waals surface area contributed by atoms with E-state index in [9.17, 15) is 33.3 Å². The average molecular weight is 470 g/mol. The topological polar surface area (TPSA) is 96.2 Å². The Balaban J connectivity index is 1.89. The lowest BCUT2D eigenvalue weighted by molar-refractivity contribution is -0.139. The molecule has 182 valence electrons. The summed E-state index contributed by atoms with van der Waals surface area (Å²) in [7, 11) is 1.31. The number of aliphatic hydroxyl groups is 3. The summed E-state index contributed by atoms with van der Waals surface area (Å²) >= 11 is 0. The number of hydrogen-bond donors (Lipinski definition) is 3. The van der Waals surface area contributed by atoms with Gasteiger partial charge in [0, 0.05) is 12.3 Å². The Hall–Kier alpha value is -2.62. The lowest BCUT2D eigenvalue weighted by atomic mass is 9.90. The summed E-state index contributed by atoms with van der Waals surface area (Å²) in [5, 5.41) is 30.7. The number of ether oxygens (including phenoxy) is 2. The molecule has 5 atom stereocenters. The maximum Gasteiger partial charge on any atom is 0.416 e. The van der Waals surface area contributed by atoms with Crippen LogP contribution in [0.2, 0.25) is 0 Å². The molecule has 2 rings (SSSR count). The minimum absolute atomic E-state index is 0.0168. The molecule has 0 heterocycles. The molecule has 0 aromatic heterocycles. The summed E-state index contributed by atoms with van der Waals surface area (Å²) in [5.41, 5.74) is -0.843. The van der Waals surface area contributed by atoms with Crippen LogP contribution in [0, 0.1) is 11.8 Å². The van der Waals surface area contributed by atoms with E-state index in [1.165, 1.54) is 25.3 Å². The maximum absolute atomic E-state index is 12.8. The lowest BCUT2D eigenvalue weighted by Gasteiger charge is -2.19. The summed E-state index contributed by atoms with van der Waals surface area (Å²) in [5.74, 6) is -1.06. The standard InChI is InChI=1S/C24H29F3O6/c1-32-23(31)10-5-3-2-4-9-19-20(22(30)14-21(19)29)12-11-17(28)15-33-18-8-6-7-16(13-18)24(25,26)27/h2-8,11-13,17,19-22,28-30H,9-10,14-15H2,1H3/b4-2-,5-3+,12-11+/t17-,19-,20-,21+,22-/m1/s1. The third-order valence-corrected chi connectivity index (χ3v) is 5.36. The van der Waals surface area contributed by atoms with Crippen molar-refractivity contribution in [2.24, 2.45) is 11.8 Å². The third-order valence-electron chi connectivity index (χ3n) is 5.36. The van der Waals surface area contributed by atoms with Gasteiger partial charge in [0.15, 0.2) is 0 Å². The Morgan fingerprint density at radius 1 is 1.21 bits per heavy atom. The molecule has 3 N–H and O–H groups in total. The van der Waals surface area contributed by atoms with Gasteiger partial charge in [0.05, 0.1) is 31.3 Å². The molecule has 1 saturated carbocycles. The van der Waals surface area contributed by atoms with E-state index in [1.54, 1.807) is 24.3 Å². The van der Waals surface area contributed by atoms with Gasteiger partial charge in [0.1, 0.15) is 18.5 Å². The largest absolute Gasteiger partial charge is 0.491 e. The van der Waals surface area contributed by atoms with Crippen molar-refractivity contribution in [2.45, 2.75) is 43.8 Å². The fraction of sp³-hybridized carbons (Fsp3) is 0.458. The Labute approximate surface area is 190 Å². The number of benzene rings is 1. The van der Waals surface area contributed by atoms with Gasteiger partial charge in [-0.15, -0.1) is 0 Å². The molecule has 1 aromatic rings. The first-order valence-corrected chi connectivity index (χ1v) is 10.5. The predicted octanol–water partition coefficient (Wildman–Crippen LogP) is 3.42. The molecule has 0 spiro atoms. The highest BCUT2D eigenvalue weighted by Gasteiger charge is 2.39. The minimum Gasteiger partial charge on any atom is -0.491 e. The molecule has 1 aliphatic carbocycles. The number of esters is 1. The van der Waals surface area contributed by atoms with Crippen LogP contribution in [-0.4, -0.2) is 53.3 Å². The second kappa shape index (κ2) is 12.6. The van der Waals surface area contributed by atoms with Gasteiger partial charge in [0.25, 0.3) is 0 Å². The van der Waals surface area contributed by atoms with E-state index in [2.05, 4.69) is 4.74 Å². The van der Waals surface area contributed by atoms with Crippen LogP contribution in [0.3, 0.4) is 0 Å². The lowest BCUT2D eigenvalue weighted by Crippen LogP contribution is -2.21. The summed E-state index contributed by atoms with van der Waals surface area (Å²) in [6.45, 7) is -0.265. The highest BCUT2D eigenvalue weighted by atomic mass is 19.4. The van der Waals surface area contributed by atoms with Crippen LogP contribution in [0.4, 0.5) is 13.2 Å². The van der Waals surface area contributed by atoms with E-state index in [0.29, 0.717) is 6.42 Å². The van der Waals surface area contributed by atoms with E-state index in [0.717, 1.165) is 12.1 Å². The van der Waals surface area contributed by atoms with Crippen molar-refractivity contribution in [2.75, 3.05) is 13.7 Å².